The van der Waals surface area contributed by atoms with Gasteiger partial charge in [-0.2, -0.15) is 0 Å². The molecule has 3 heterocycles. The Morgan fingerprint density at radius 2 is 2.04 bits per heavy atom. The Hall–Kier alpha value is -2.44. The second-order valence-corrected chi connectivity index (χ2v) is 8.03. The molecule has 2 aromatic heterocycles. The zero-order valence-corrected chi connectivity index (χ0v) is 15.9. The van der Waals surface area contributed by atoms with Crippen molar-refractivity contribution < 1.29 is 14.1 Å². The summed E-state index contributed by atoms with van der Waals surface area (Å²) in [7, 11) is 4.10. The van der Waals surface area contributed by atoms with E-state index in [1.165, 1.54) is 4.90 Å². The van der Waals surface area contributed by atoms with Crippen LogP contribution in [0.1, 0.15) is 32.6 Å². The molecule has 0 saturated heterocycles. The summed E-state index contributed by atoms with van der Waals surface area (Å²) >= 11 is 1.56. The molecule has 0 aliphatic carbocycles. The SMILES string of the molecule is Cc1ccc2oc3c(c(=O)c2c1)[C@@H](c1cccs1)N(CC[NH+](C)C)C3=O. The number of rotatable bonds is 4. The van der Waals surface area contributed by atoms with E-state index in [1.807, 2.05) is 50.7 Å². The van der Waals surface area contributed by atoms with Gasteiger partial charge in [0, 0.05) is 4.88 Å². The van der Waals surface area contributed by atoms with E-state index < -0.39 is 0 Å². The molecule has 4 rings (SSSR count). The summed E-state index contributed by atoms with van der Waals surface area (Å²) in [4.78, 5) is 30.4. The van der Waals surface area contributed by atoms with E-state index in [2.05, 4.69) is 0 Å². The van der Waals surface area contributed by atoms with E-state index in [0.717, 1.165) is 17.0 Å². The number of benzene rings is 1. The molecule has 0 radical (unpaired) electrons. The van der Waals surface area contributed by atoms with Gasteiger partial charge in [0.15, 0.2) is 5.43 Å². The summed E-state index contributed by atoms with van der Waals surface area (Å²) in [5.41, 5.74) is 1.84. The maximum absolute atomic E-state index is 13.3. The van der Waals surface area contributed by atoms with Gasteiger partial charge in [-0.15, -0.1) is 11.3 Å². The molecule has 26 heavy (non-hydrogen) atoms. The highest BCUT2D eigenvalue weighted by molar-refractivity contribution is 7.10. The third kappa shape index (κ3) is 2.66. The van der Waals surface area contributed by atoms with Gasteiger partial charge in [-0.1, -0.05) is 17.7 Å². The molecule has 0 saturated carbocycles. The van der Waals surface area contributed by atoms with Gasteiger partial charge in [0.1, 0.15) is 5.58 Å². The Kier molecular flexibility index (Phi) is 4.17. The fourth-order valence-corrected chi connectivity index (χ4v) is 4.30. The topological polar surface area (TPSA) is 55.0 Å². The average Bonchev–Trinajstić information content (AvgIpc) is 3.21. The van der Waals surface area contributed by atoms with Crippen molar-refractivity contribution in [3.63, 3.8) is 0 Å². The Morgan fingerprint density at radius 3 is 2.73 bits per heavy atom. The van der Waals surface area contributed by atoms with Crippen molar-refractivity contribution >= 4 is 28.2 Å². The maximum atomic E-state index is 13.3. The molecule has 0 bridgehead atoms. The Balaban J connectivity index is 1.94. The third-order valence-corrected chi connectivity index (χ3v) is 5.71. The van der Waals surface area contributed by atoms with Crippen molar-refractivity contribution in [2.45, 2.75) is 13.0 Å². The van der Waals surface area contributed by atoms with E-state index in [1.54, 1.807) is 22.3 Å². The van der Waals surface area contributed by atoms with Crippen molar-refractivity contribution in [2.75, 3.05) is 27.2 Å². The first-order chi connectivity index (χ1) is 12.5. The first-order valence-electron chi connectivity index (χ1n) is 8.68. The van der Waals surface area contributed by atoms with E-state index in [0.29, 0.717) is 23.1 Å². The van der Waals surface area contributed by atoms with Crippen molar-refractivity contribution in [3.8, 4) is 0 Å². The van der Waals surface area contributed by atoms with E-state index in [9.17, 15) is 9.59 Å². The van der Waals surface area contributed by atoms with Gasteiger partial charge in [-0.05, 0) is 30.5 Å². The molecule has 0 fully saturated rings. The van der Waals surface area contributed by atoms with Gasteiger partial charge in [0.25, 0.3) is 5.91 Å². The number of quaternary nitrogens is 1. The van der Waals surface area contributed by atoms with Crippen LogP contribution in [-0.4, -0.2) is 38.0 Å². The van der Waals surface area contributed by atoms with Crippen molar-refractivity contribution in [3.05, 3.63) is 67.7 Å². The number of amides is 1. The second-order valence-electron chi connectivity index (χ2n) is 7.05. The minimum atomic E-state index is -0.363. The fourth-order valence-electron chi connectivity index (χ4n) is 3.45. The van der Waals surface area contributed by atoms with E-state index in [4.69, 9.17) is 4.42 Å². The molecule has 1 atom stereocenters. The highest BCUT2D eigenvalue weighted by atomic mass is 32.1. The smallest absolute Gasteiger partial charge is 0.291 e. The van der Waals surface area contributed by atoms with Crippen LogP contribution in [0.3, 0.4) is 0 Å². The predicted molar refractivity (Wildman–Crippen MR) is 102 cm³/mol. The number of nitrogens with one attached hydrogen (secondary N) is 1. The second kappa shape index (κ2) is 6.37. The first-order valence-corrected chi connectivity index (χ1v) is 9.56. The lowest BCUT2D eigenvalue weighted by molar-refractivity contribution is -0.857. The zero-order chi connectivity index (χ0) is 18.4. The lowest BCUT2D eigenvalue weighted by Gasteiger charge is -2.24. The van der Waals surface area contributed by atoms with Gasteiger partial charge in [-0.3, -0.25) is 9.59 Å². The highest BCUT2D eigenvalue weighted by Gasteiger charge is 2.43. The van der Waals surface area contributed by atoms with Gasteiger partial charge in [0.05, 0.1) is 44.2 Å². The molecule has 6 heteroatoms. The summed E-state index contributed by atoms with van der Waals surface area (Å²) in [6.07, 6.45) is 0. The number of nitrogens with zero attached hydrogens (tertiary/aromatic N) is 1. The Morgan fingerprint density at radius 1 is 1.23 bits per heavy atom. The number of hydrogen-bond acceptors (Lipinski definition) is 4. The normalized spacial score (nSPS) is 16.7. The van der Waals surface area contributed by atoms with Gasteiger partial charge >= 0.3 is 0 Å². The monoisotopic (exact) mass is 369 g/mol. The molecule has 0 unspecified atom stereocenters. The van der Waals surface area contributed by atoms with E-state index >= 15 is 0 Å². The minimum Gasteiger partial charge on any atom is -0.450 e. The number of carbonyl (C=O) groups is 1. The molecular formula is C20H21N2O3S+. The lowest BCUT2D eigenvalue weighted by Crippen LogP contribution is -3.06. The van der Waals surface area contributed by atoms with Crippen molar-refractivity contribution in [1.82, 2.24) is 4.90 Å². The van der Waals surface area contributed by atoms with Crippen LogP contribution >= 0.6 is 11.3 Å². The molecule has 1 N–H and O–H groups in total. The fraction of sp³-hybridized carbons (Fsp3) is 0.300. The molecular weight excluding hydrogens is 348 g/mol. The standard InChI is InChI=1S/C20H20N2O3S/c1-12-6-7-14-13(11-12)18(23)16-17(15-5-4-10-26-15)22(9-8-21(2)3)20(24)19(16)25-14/h4-7,10-11,17H,8-9H2,1-3H3/p+1/t17-/m1/s1. The lowest BCUT2D eigenvalue weighted by atomic mass is 10.0. The van der Waals surface area contributed by atoms with Crippen LogP contribution in [0.2, 0.25) is 0 Å². The number of fused-ring (bicyclic) bond motifs is 2. The van der Waals surface area contributed by atoms with Gasteiger partial charge in [-0.25, -0.2) is 0 Å². The molecule has 1 aliphatic rings. The number of thiophene rings is 1. The first kappa shape index (κ1) is 17.0. The maximum Gasteiger partial charge on any atom is 0.291 e. The molecule has 1 aromatic carbocycles. The van der Waals surface area contributed by atoms with Crippen LogP contribution in [0.5, 0.6) is 0 Å². The van der Waals surface area contributed by atoms with Gasteiger partial charge < -0.3 is 14.2 Å². The largest absolute Gasteiger partial charge is 0.450 e. The summed E-state index contributed by atoms with van der Waals surface area (Å²) in [6, 6.07) is 9.06. The summed E-state index contributed by atoms with van der Waals surface area (Å²) in [5, 5.41) is 2.51. The molecule has 3 aromatic rings. The molecule has 1 aliphatic heterocycles. The average molecular weight is 369 g/mol. The summed E-state index contributed by atoms with van der Waals surface area (Å²) < 4.78 is 5.92. The van der Waals surface area contributed by atoms with E-state index in [-0.39, 0.29) is 23.1 Å². The molecule has 134 valence electrons. The number of carbonyl (C=O) groups excluding carboxylic acids is 1. The molecule has 5 nitrogen and oxygen atoms in total. The van der Waals surface area contributed by atoms with Gasteiger partial charge in [0.2, 0.25) is 5.76 Å². The third-order valence-electron chi connectivity index (χ3n) is 4.79. The Labute approximate surface area is 155 Å². The predicted octanol–water partition coefficient (Wildman–Crippen LogP) is 1.85. The van der Waals surface area contributed by atoms with Crippen LogP contribution in [-0.2, 0) is 0 Å². The van der Waals surface area contributed by atoms with Crippen LogP contribution in [0.4, 0.5) is 0 Å². The van der Waals surface area contributed by atoms with Crippen LogP contribution in [0, 0.1) is 6.92 Å². The number of aryl methyl sites for hydroxylation is 1. The Bertz CT molecular complexity index is 1040. The van der Waals surface area contributed by atoms with Crippen molar-refractivity contribution in [2.24, 2.45) is 0 Å². The van der Waals surface area contributed by atoms with Crippen molar-refractivity contribution in [1.29, 1.82) is 0 Å². The highest BCUT2D eigenvalue weighted by Crippen LogP contribution is 2.39. The number of likely N-dealkylation sites (N-methyl/N-ethyl adjacent to an activating group) is 1. The minimum absolute atomic E-state index is 0.101. The van der Waals surface area contributed by atoms with Crippen LogP contribution < -0.4 is 10.3 Å². The summed E-state index contributed by atoms with van der Waals surface area (Å²) in [6.45, 7) is 3.32. The molecule has 0 spiro atoms. The quantitative estimate of drug-likeness (QED) is 0.764. The van der Waals surface area contributed by atoms with Crippen LogP contribution in [0.15, 0.2) is 44.9 Å². The van der Waals surface area contributed by atoms with Crippen LogP contribution in [0.25, 0.3) is 11.0 Å². The number of hydrogen-bond donors (Lipinski definition) is 1. The zero-order valence-electron chi connectivity index (χ0n) is 15.0. The molecule has 1 amide bonds. The summed E-state index contributed by atoms with van der Waals surface area (Å²) in [5.74, 6) is -0.00210.